The van der Waals surface area contributed by atoms with E-state index in [2.05, 4.69) is 11.1 Å². The van der Waals surface area contributed by atoms with Crippen LogP contribution in [-0.4, -0.2) is 4.98 Å². The lowest BCUT2D eigenvalue weighted by atomic mass is 10.1. The zero-order valence-corrected chi connectivity index (χ0v) is 7.91. The predicted octanol–water partition coefficient (Wildman–Crippen LogP) is 2.06. The van der Waals surface area contributed by atoms with E-state index in [0.29, 0.717) is 5.56 Å². The van der Waals surface area contributed by atoms with Crippen LogP contribution < -0.4 is 5.73 Å². The van der Waals surface area contributed by atoms with Gasteiger partial charge in [-0.25, -0.2) is 0 Å². The Morgan fingerprint density at radius 1 is 1.43 bits per heavy atom. The molecule has 0 aliphatic carbocycles. The molecular formula is C11H11N3. The first-order chi connectivity index (χ1) is 6.70. The van der Waals surface area contributed by atoms with E-state index in [-0.39, 0.29) is 6.04 Å². The number of aromatic amines is 1. The van der Waals surface area contributed by atoms with Gasteiger partial charge in [0, 0.05) is 22.6 Å². The molecule has 14 heavy (non-hydrogen) atoms. The second-order valence-electron chi connectivity index (χ2n) is 3.43. The number of nitrogens with one attached hydrogen (secondary N) is 1. The van der Waals surface area contributed by atoms with Crippen molar-refractivity contribution in [3.8, 4) is 6.07 Å². The van der Waals surface area contributed by atoms with Crippen LogP contribution in [0, 0.1) is 11.3 Å². The second kappa shape index (κ2) is 3.17. The first-order valence-corrected chi connectivity index (χ1v) is 4.49. The maximum Gasteiger partial charge on any atom is 0.0991 e. The SMILES string of the molecule is CC(N)c1cc2cc(C#N)ccc2[nH]1. The lowest BCUT2D eigenvalue weighted by Gasteiger charge is -1.98. The van der Waals surface area contributed by atoms with Crippen LogP contribution in [0.15, 0.2) is 24.3 Å². The zero-order valence-electron chi connectivity index (χ0n) is 7.91. The summed E-state index contributed by atoms with van der Waals surface area (Å²) in [6.07, 6.45) is 0. The molecule has 3 heteroatoms. The topological polar surface area (TPSA) is 65.6 Å². The van der Waals surface area contributed by atoms with E-state index in [1.165, 1.54) is 0 Å². The molecule has 70 valence electrons. The van der Waals surface area contributed by atoms with Gasteiger partial charge in [-0.1, -0.05) is 0 Å². The molecule has 2 rings (SSSR count). The summed E-state index contributed by atoms with van der Waals surface area (Å²) in [5.41, 5.74) is 8.45. The van der Waals surface area contributed by atoms with Crippen LogP contribution in [0.3, 0.4) is 0 Å². The molecule has 0 saturated heterocycles. The van der Waals surface area contributed by atoms with Crippen molar-refractivity contribution in [3.63, 3.8) is 0 Å². The van der Waals surface area contributed by atoms with E-state index in [1.807, 2.05) is 25.1 Å². The molecule has 1 unspecified atom stereocenters. The van der Waals surface area contributed by atoms with E-state index in [1.54, 1.807) is 6.07 Å². The third kappa shape index (κ3) is 1.36. The van der Waals surface area contributed by atoms with Crippen molar-refractivity contribution in [1.29, 1.82) is 5.26 Å². The minimum Gasteiger partial charge on any atom is -0.357 e. The standard InChI is InChI=1S/C11H11N3/c1-7(13)11-5-9-4-8(6-12)2-3-10(9)14-11/h2-5,7,14H,13H2,1H3. The largest absolute Gasteiger partial charge is 0.357 e. The fourth-order valence-electron chi connectivity index (χ4n) is 1.47. The third-order valence-corrected chi connectivity index (χ3v) is 2.26. The molecule has 1 atom stereocenters. The molecule has 1 aromatic carbocycles. The van der Waals surface area contributed by atoms with Gasteiger partial charge in [-0.15, -0.1) is 0 Å². The Bertz CT molecular complexity index is 503. The molecular weight excluding hydrogens is 174 g/mol. The van der Waals surface area contributed by atoms with Crippen LogP contribution in [0.1, 0.15) is 24.2 Å². The van der Waals surface area contributed by atoms with Crippen molar-refractivity contribution in [2.45, 2.75) is 13.0 Å². The summed E-state index contributed by atoms with van der Waals surface area (Å²) < 4.78 is 0. The molecule has 0 amide bonds. The number of aromatic nitrogens is 1. The van der Waals surface area contributed by atoms with Crippen LogP contribution >= 0.6 is 0 Å². The summed E-state index contributed by atoms with van der Waals surface area (Å²) in [6, 6.07) is 9.65. The Morgan fingerprint density at radius 2 is 2.21 bits per heavy atom. The summed E-state index contributed by atoms with van der Waals surface area (Å²) in [4.78, 5) is 3.21. The minimum atomic E-state index is -0.00654. The van der Waals surface area contributed by atoms with E-state index in [4.69, 9.17) is 11.0 Å². The van der Waals surface area contributed by atoms with Crippen molar-refractivity contribution in [2.75, 3.05) is 0 Å². The fraction of sp³-hybridized carbons (Fsp3) is 0.182. The van der Waals surface area contributed by atoms with Gasteiger partial charge in [-0.05, 0) is 31.2 Å². The Labute approximate surface area is 82.1 Å². The molecule has 0 fully saturated rings. The van der Waals surface area contributed by atoms with Gasteiger partial charge in [0.1, 0.15) is 0 Å². The molecule has 0 aliphatic rings. The number of fused-ring (bicyclic) bond motifs is 1. The minimum absolute atomic E-state index is 0.00654. The van der Waals surface area contributed by atoms with E-state index in [9.17, 15) is 0 Å². The van der Waals surface area contributed by atoms with Gasteiger partial charge in [-0.2, -0.15) is 5.26 Å². The number of nitrogens with zero attached hydrogens (tertiary/aromatic N) is 1. The summed E-state index contributed by atoms with van der Waals surface area (Å²) in [5, 5.41) is 9.77. The first-order valence-electron chi connectivity index (χ1n) is 4.49. The van der Waals surface area contributed by atoms with Crippen LogP contribution in [0.4, 0.5) is 0 Å². The zero-order chi connectivity index (χ0) is 10.1. The highest BCUT2D eigenvalue weighted by atomic mass is 14.8. The molecule has 1 heterocycles. The van der Waals surface area contributed by atoms with Crippen LogP contribution in [0.2, 0.25) is 0 Å². The highest BCUT2D eigenvalue weighted by molar-refractivity contribution is 5.81. The molecule has 3 N–H and O–H groups in total. The molecule has 1 aromatic heterocycles. The summed E-state index contributed by atoms with van der Waals surface area (Å²) in [6.45, 7) is 1.93. The number of rotatable bonds is 1. The number of H-pyrrole nitrogens is 1. The molecule has 0 spiro atoms. The monoisotopic (exact) mass is 185 g/mol. The number of hydrogen-bond acceptors (Lipinski definition) is 2. The molecule has 3 nitrogen and oxygen atoms in total. The number of nitrogens with two attached hydrogens (primary N) is 1. The maximum atomic E-state index is 8.73. The smallest absolute Gasteiger partial charge is 0.0991 e. The lowest BCUT2D eigenvalue weighted by molar-refractivity contribution is 0.792. The first kappa shape index (κ1) is 8.79. The second-order valence-corrected chi connectivity index (χ2v) is 3.43. The number of benzene rings is 1. The quantitative estimate of drug-likeness (QED) is 0.714. The highest BCUT2D eigenvalue weighted by Gasteiger charge is 2.04. The van der Waals surface area contributed by atoms with Crippen molar-refractivity contribution >= 4 is 10.9 Å². The van der Waals surface area contributed by atoms with Crippen LogP contribution in [0.25, 0.3) is 10.9 Å². The molecule has 0 radical (unpaired) electrons. The van der Waals surface area contributed by atoms with Crippen molar-refractivity contribution in [2.24, 2.45) is 5.73 Å². The lowest BCUT2D eigenvalue weighted by Crippen LogP contribution is -2.04. The van der Waals surface area contributed by atoms with Gasteiger partial charge >= 0.3 is 0 Å². The molecule has 0 bridgehead atoms. The molecule has 0 saturated carbocycles. The summed E-state index contributed by atoms with van der Waals surface area (Å²) in [7, 11) is 0. The van der Waals surface area contributed by atoms with Gasteiger partial charge in [0.05, 0.1) is 11.6 Å². The normalized spacial score (nSPS) is 12.6. The van der Waals surface area contributed by atoms with E-state index < -0.39 is 0 Å². The molecule has 0 aliphatic heterocycles. The summed E-state index contributed by atoms with van der Waals surface area (Å²) in [5.74, 6) is 0. The maximum absolute atomic E-state index is 8.73. The Morgan fingerprint density at radius 3 is 2.86 bits per heavy atom. The third-order valence-electron chi connectivity index (χ3n) is 2.26. The van der Waals surface area contributed by atoms with Gasteiger partial charge in [0.2, 0.25) is 0 Å². The van der Waals surface area contributed by atoms with Crippen LogP contribution in [-0.2, 0) is 0 Å². The highest BCUT2D eigenvalue weighted by Crippen LogP contribution is 2.19. The Hall–Kier alpha value is -1.79. The van der Waals surface area contributed by atoms with Crippen LogP contribution in [0.5, 0.6) is 0 Å². The number of nitriles is 1. The molecule has 2 aromatic rings. The van der Waals surface area contributed by atoms with E-state index in [0.717, 1.165) is 16.6 Å². The van der Waals surface area contributed by atoms with Crippen molar-refractivity contribution in [1.82, 2.24) is 4.98 Å². The average molecular weight is 185 g/mol. The predicted molar refractivity (Wildman–Crippen MR) is 55.6 cm³/mol. The van der Waals surface area contributed by atoms with Gasteiger partial charge in [-0.3, -0.25) is 0 Å². The van der Waals surface area contributed by atoms with Gasteiger partial charge in [0.15, 0.2) is 0 Å². The van der Waals surface area contributed by atoms with Crippen molar-refractivity contribution in [3.05, 3.63) is 35.5 Å². The Balaban J connectivity index is 2.61. The number of hydrogen-bond donors (Lipinski definition) is 2. The van der Waals surface area contributed by atoms with E-state index >= 15 is 0 Å². The average Bonchev–Trinajstić information content (AvgIpc) is 2.59. The van der Waals surface area contributed by atoms with Gasteiger partial charge < -0.3 is 10.7 Å². The fourth-order valence-corrected chi connectivity index (χ4v) is 1.47. The summed E-state index contributed by atoms with van der Waals surface area (Å²) >= 11 is 0. The van der Waals surface area contributed by atoms with Crippen molar-refractivity contribution < 1.29 is 0 Å². The Kier molecular flexibility index (Phi) is 1.99. The van der Waals surface area contributed by atoms with Gasteiger partial charge in [0.25, 0.3) is 0 Å².